The van der Waals surface area contributed by atoms with Gasteiger partial charge in [-0.2, -0.15) is 5.10 Å². The zero-order valence-corrected chi connectivity index (χ0v) is 22.3. The van der Waals surface area contributed by atoms with Crippen LogP contribution in [0.3, 0.4) is 0 Å². The number of ether oxygens (including phenoxy) is 2. The minimum atomic E-state index is -0.494. The molecule has 0 unspecified atom stereocenters. The summed E-state index contributed by atoms with van der Waals surface area (Å²) in [6, 6.07) is 15.1. The standard InChI is InChI=1S/C24H16Br3FN2O4/c1-32-20-7-13(6-17(26)23(20)33-12-14-4-2-3-5-19(14)28)11-29-30-24(31)21-9-15-8-16(25)10-18(27)22(15)34-21/h2-11H,12H2,1H3,(H,30,31)/b29-11-. The lowest BCUT2D eigenvalue weighted by Crippen LogP contribution is -2.16. The molecule has 0 radical (unpaired) electrons. The zero-order valence-electron chi connectivity index (χ0n) is 17.6. The number of furan rings is 1. The average Bonchev–Trinajstić information content (AvgIpc) is 3.23. The van der Waals surface area contributed by atoms with E-state index < -0.39 is 5.91 Å². The number of hydrazone groups is 1. The molecule has 0 aliphatic rings. The summed E-state index contributed by atoms with van der Waals surface area (Å²) in [5.41, 5.74) is 4.08. The van der Waals surface area contributed by atoms with Gasteiger partial charge < -0.3 is 13.9 Å². The molecular formula is C24H16Br3FN2O4. The van der Waals surface area contributed by atoms with Crippen LogP contribution in [0.2, 0.25) is 0 Å². The molecule has 4 rings (SSSR count). The van der Waals surface area contributed by atoms with Crippen molar-refractivity contribution >= 4 is 70.9 Å². The van der Waals surface area contributed by atoms with Gasteiger partial charge in [0.15, 0.2) is 17.3 Å². The Kier molecular flexibility index (Phi) is 7.70. The Hall–Kier alpha value is -2.69. The maximum Gasteiger partial charge on any atom is 0.307 e. The van der Waals surface area contributed by atoms with Gasteiger partial charge in [0.25, 0.3) is 0 Å². The first-order valence-corrected chi connectivity index (χ1v) is 12.2. The van der Waals surface area contributed by atoms with Crippen LogP contribution in [0.25, 0.3) is 11.0 Å². The summed E-state index contributed by atoms with van der Waals surface area (Å²) in [5, 5.41) is 4.78. The summed E-state index contributed by atoms with van der Waals surface area (Å²) in [7, 11) is 1.50. The molecule has 0 fully saturated rings. The number of carbonyl (C=O) groups is 1. The first-order chi connectivity index (χ1) is 16.4. The van der Waals surface area contributed by atoms with E-state index in [0.29, 0.717) is 32.7 Å². The predicted octanol–water partition coefficient (Wildman–Crippen LogP) is 7.21. The third kappa shape index (κ3) is 5.51. The summed E-state index contributed by atoms with van der Waals surface area (Å²) in [6.45, 7) is 0.0370. The Morgan fingerprint density at radius 2 is 1.91 bits per heavy atom. The molecule has 4 aromatic rings. The van der Waals surface area contributed by atoms with Crippen molar-refractivity contribution in [2.24, 2.45) is 5.10 Å². The number of fused-ring (bicyclic) bond motifs is 1. The number of nitrogens with zero attached hydrogens (tertiary/aromatic N) is 1. The van der Waals surface area contributed by atoms with Gasteiger partial charge >= 0.3 is 5.91 Å². The van der Waals surface area contributed by atoms with Gasteiger partial charge in [0, 0.05) is 15.4 Å². The van der Waals surface area contributed by atoms with Crippen molar-refractivity contribution in [3.8, 4) is 11.5 Å². The van der Waals surface area contributed by atoms with Gasteiger partial charge in [-0.25, -0.2) is 9.82 Å². The lowest BCUT2D eigenvalue weighted by molar-refractivity contribution is 0.0929. The van der Waals surface area contributed by atoms with Gasteiger partial charge in [0.2, 0.25) is 0 Å². The second-order valence-electron chi connectivity index (χ2n) is 7.03. The van der Waals surface area contributed by atoms with Crippen molar-refractivity contribution in [2.75, 3.05) is 7.11 Å². The fraction of sp³-hybridized carbons (Fsp3) is 0.0833. The van der Waals surface area contributed by atoms with Crippen molar-refractivity contribution in [1.29, 1.82) is 0 Å². The molecule has 1 N–H and O–H groups in total. The van der Waals surface area contributed by atoms with Gasteiger partial charge in [-0.3, -0.25) is 4.79 Å². The summed E-state index contributed by atoms with van der Waals surface area (Å²) in [4.78, 5) is 12.5. The van der Waals surface area contributed by atoms with Crippen LogP contribution in [-0.2, 0) is 6.61 Å². The summed E-state index contributed by atoms with van der Waals surface area (Å²) in [5.74, 6) is 0.131. The van der Waals surface area contributed by atoms with Crippen LogP contribution in [-0.4, -0.2) is 19.2 Å². The van der Waals surface area contributed by atoms with Crippen LogP contribution in [0.4, 0.5) is 4.39 Å². The maximum absolute atomic E-state index is 13.9. The molecule has 10 heteroatoms. The van der Waals surface area contributed by atoms with Crippen LogP contribution in [0, 0.1) is 5.82 Å². The Bertz CT molecular complexity index is 1400. The van der Waals surface area contributed by atoms with Crippen molar-refractivity contribution in [2.45, 2.75) is 6.61 Å². The van der Waals surface area contributed by atoms with E-state index in [0.717, 1.165) is 14.3 Å². The van der Waals surface area contributed by atoms with Crippen molar-refractivity contribution in [3.05, 3.63) is 90.7 Å². The monoisotopic (exact) mass is 652 g/mol. The quantitative estimate of drug-likeness (QED) is 0.169. The van der Waals surface area contributed by atoms with Gasteiger partial charge in [-0.15, -0.1) is 0 Å². The zero-order chi connectivity index (χ0) is 24.2. The van der Waals surface area contributed by atoms with Gasteiger partial charge in [-0.05, 0) is 73.8 Å². The molecule has 0 bridgehead atoms. The molecule has 0 atom stereocenters. The highest BCUT2D eigenvalue weighted by Crippen LogP contribution is 2.37. The number of benzene rings is 3. The topological polar surface area (TPSA) is 73.1 Å². The summed E-state index contributed by atoms with van der Waals surface area (Å²) in [6.07, 6.45) is 1.46. The van der Waals surface area contributed by atoms with E-state index in [1.165, 1.54) is 19.4 Å². The molecule has 0 saturated carbocycles. The molecule has 1 aromatic heterocycles. The molecule has 0 aliphatic carbocycles. The third-order valence-electron chi connectivity index (χ3n) is 4.72. The van der Waals surface area contributed by atoms with Crippen molar-refractivity contribution < 1.29 is 23.1 Å². The smallest absolute Gasteiger partial charge is 0.307 e. The lowest BCUT2D eigenvalue weighted by atomic mass is 10.2. The Morgan fingerprint density at radius 1 is 1.12 bits per heavy atom. The number of hydrogen-bond acceptors (Lipinski definition) is 5. The number of methoxy groups -OCH3 is 1. The number of amides is 1. The minimum Gasteiger partial charge on any atom is -0.493 e. The largest absolute Gasteiger partial charge is 0.493 e. The molecule has 1 amide bonds. The van der Waals surface area contributed by atoms with Crippen LogP contribution >= 0.6 is 47.8 Å². The van der Waals surface area contributed by atoms with Crippen LogP contribution in [0.1, 0.15) is 21.7 Å². The highest BCUT2D eigenvalue weighted by Gasteiger charge is 2.15. The van der Waals surface area contributed by atoms with E-state index in [-0.39, 0.29) is 18.2 Å². The Morgan fingerprint density at radius 3 is 2.68 bits per heavy atom. The SMILES string of the molecule is COc1cc(/C=N\NC(=O)c2cc3cc(Br)cc(Br)c3o2)cc(Br)c1OCc1ccccc1F. The molecule has 34 heavy (non-hydrogen) atoms. The Labute approximate surface area is 219 Å². The van der Waals surface area contributed by atoms with Gasteiger partial charge in [0.05, 0.1) is 22.3 Å². The van der Waals surface area contributed by atoms with E-state index in [4.69, 9.17) is 13.9 Å². The highest BCUT2D eigenvalue weighted by atomic mass is 79.9. The van der Waals surface area contributed by atoms with E-state index in [2.05, 4.69) is 58.3 Å². The first-order valence-electron chi connectivity index (χ1n) is 9.81. The number of hydrogen-bond donors (Lipinski definition) is 1. The second kappa shape index (κ2) is 10.7. The molecule has 174 valence electrons. The lowest BCUT2D eigenvalue weighted by Gasteiger charge is -2.14. The Balaban J connectivity index is 1.46. The number of carbonyl (C=O) groups excluding carboxylic acids is 1. The van der Waals surface area contributed by atoms with Crippen LogP contribution in [0.5, 0.6) is 11.5 Å². The molecule has 3 aromatic carbocycles. The van der Waals surface area contributed by atoms with Crippen molar-refractivity contribution in [1.82, 2.24) is 5.43 Å². The first kappa shape index (κ1) is 24.4. The molecule has 1 heterocycles. The molecular weight excluding hydrogens is 639 g/mol. The second-order valence-corrected chi connectivity index (χ2v) is 9.65. The fourth-order valence-corrected chi connectivity index (χ4v) is 5.04. The van der Waals surface area contributed by atoms with Gasteiger partial charge in [-0.1, -0.05) is 34.1 Å². The predicted molar refractivity (Wildman–Crippen MR) is 138 cm³/mol. The highest BCUT2D eigenvalue weighted by molar-refractivity contribution is 9.11. The van der Waals surface area contributed by atoms with E-state index in [1.54, 1.807) is 36.4 Å². The van der Waals surface area contributed by atoms with Crippen LogP contribution < -0.4 is 14.9 Å². The fourth-order valence-electron chi connectivity index (χ4n) is 3.13. The third-order valence-corrected chi connectivity index (χ3v) is 6.36. The van der Waals surface area contributed by atoms with E-state index in [9.17, 15) is 9.18 Å². The summed E-state index contributed by atoms with van der Waals surface area (Å²) < 4.78 is 32.9. The number of rotatable bonds is 7. The average molecular weight is 655 g/mol. The molecule has 6 nitrogen and oxygen atoms in total. The molecule has 0 saturated heterocycles. The summed E-state index contributed by atoms with van der Waals surface area (Å²) >= 11 is 10.3. The van der Waals surface area contributed by atoms with E-state index in [1.807, 2.05) is 12.1 Å². The number of nitrogens with one attached hydrogen (secondary N) is 1. The van der Waals surface area contributed by atoms with Crippen molar-refractivity contribution in [3.63, 3.8) is 0 Å². The maximum atomic E-state index is 13.9. The van der Waals surface area contributed by atoms with Gasteiger partial charge in [0.1, 0.15) is 18.0 Å². The molecule has 0 aliphatic heterocycles. The number of halogens is 4. The minimum absolute atomic E-state index is 0.0370. The normalized spacial score (nSPS) is 11.2. The molecule has 0 spiro atoms. The van der Waals surface area contributed by atoms with Crippen LogP contribution in [0.15, 0.2) is 77.5 Å². The van der Waals surface area contributed by atoms with E-state index >= 15 is 0 Å².